The minimum absolute atomic E-state index is 0.158. The van der Waals surface area contributed by atoms with Crippen LogP contribution in [0, 0.1) is 21.4 Å². The fraction of sp³-hybridized carbons (Fsp3) is 0.250. The van der Waals surface area contributed by atoms with Crippen molar-refractivity contribution in [2.75, 3.05) is 11.9 Å². The van der Waals surface area contributed by atoms with E-state index in [-0.39, 0.29) is 11.3 Å². The maximum absolute atomic E-state index is 10.6. The van der Waals surface area contributed by atoms with Crippen LogP contribution in [0.1, 0.15) is 11.1 Å². The third kappa shape index (κ3) is 3.08. The van der Waals surface area contributed by atoms with Gasteiger partial charge in [0.25, 0.3) is 5.69 Å². The van der Waals surface area contributed by atoms with E-state index >= 15 is 0 Å². The fourth-order valence-electron chi connectivity index (χ4n) is 1.71. The molecular formula is C12H12N6O2. The molecule has 0 aliphatic heterocycles. The van der Waals surface area contributed by atoms with Crippen LogP contribution in [0.2, 0.25) is 0 Å². The summed E-state index contributed by atoms with van der Waals surface area (Å²) in [4.78, 5) is 13.9. The van der Waals surface area contributed by atoms with Gasteiger partial charge in [-0.3, -0.25) is 14.8 Å². The lowest BCUT2D eigenvalue weighted by Crippen LogP contribution is -2.08. The van der Waals surface area contributed by atoms with Crippen molar-refractivity contribution in [3.8, 4) is 6.07 Å². The molecule has 0 saturated heterocycles. The zero-order chi connectivity index (χ0) is 14.5. The lowest BCUT2D eigenvalue weighted by molar-refractivity contribution is -0.385. The molecule has 0 bridgehead atoms. The van der Waals surface area contributed by atoms with Gasteiger partial charge in [-0.1, -0.05) is 0 Å². The lowest BCUT2D eigenvalue weighted by atomic mass is 10.2. The second-order valence-electron chi connectivity index (χ2n) is 4.16. The summed E-state index contributed by atoms with van der Waals surface area (Å²) in [6, 6.07) is 3.11. The Labute approximate surface area is 114 Å². The average molecular weight is 272 g/mol. The second kappa shape index (κ2) is 5.79. The normalized spacial score (nSPS) is 10.0. The van der Waals surface area contributed by atoms with Crippen LogP contribution in [0.3, 0.4) is 0 Å². The lowest BCUT2D eigenvalue weighted by Gasteiger charge is -2.05. The third-order valence-electron chi connectivity index (χ3n) is 2.67. The molecule has 2 heterocycles. The molecule has 0 atom stereocenters. The van der Waals surface area contributed by atoms with E-state index in [9.17, 15) is 10.1 Å². The van der Waals surface area contributed by atoms with Gasteiger partial charge in [0.05, 0.1) is 11.1 Å². The van der Waals surface area contributed by atoms with Gasteiger partial charge in [-0.2, -0.15) is 10.4 Å². The van der Waals surface area contributed by atoms with Crippen LogP contribution in [-0.4, -0.2) is 26.2 Å². The number of hydrogen-bond acceptors (Lipinski definition) is 6. The van der Waals surface area contributed by atoms with Crippen LogP contribution in [-0.2, 0) is 13.5 Å². The molecule has 2 aromatic rings. The van der Waals surface area contributed by atoms with Crippen LogP contribution in [0.25, 0.3) is 0 Å². The maximum atomic E-state index is 10.6. The first-order chi connectivity index (χ1) is 9.60. The summed E-state index contributed by atoms with van der Waals surface area (Å²) < 4.78 is 1.71. The van der Waals surface area contributed by atoms with Gasteiger partial charge in [0, 0.05) is 25.9 Å². The standard InChI is InChI=1S/C12H12N6O2/c1-17-8-9(6-16-17)2-3-14-12-10(5-13)4-11(7-15-12)18(19)20/h4,6-8H,2-3H2,1H3,(H,14,15). The number of anilines is 1. The highest BCUT2D eigenvalue weighted by Gasteiger charge is 2.11. The number of nitrogens with one attached hydrogen (secondary N) is 1. The molecule has 1 N–H and O–H groups in total. The summed E-state index contributed by atoms with van der Waals surface area (Å²) in [5, 5.41) is 26.6. The van der Waals surface area contributed by atoms with Crippen molar-refractivity contribution in [1.29, 1.82) is 5.26 Å². The van der Waals surface area contributed by atoms with Crippen molar-refractivity contribution in [2.24, 2.45) is 7.05 Å². The zero-order valence-corrected chi connectivity index (χ0v) is 10.8. The highest BCUT2D eigenvalue weighted by Crippen LogP contribution is 2.18. The highest BCUT2D eigenvalue weighted by atomic mass is 16.6. The van der Waals surface area contributed by atoms with Crippen molar-refractivity contribution in [3.63, 3.8) is 0 Å². The van der Waals surface area contributed by atoms with Gasteiger partial charge in [-0.25, -0.2) is 4.98 Å². The number of rotatable bonds is 5. The molecule has 0 fully saturated rings. The van der Waals surface area contributed by atoms with Gasteiger partial charge in [0.1, 0.15) is 23.6 Å². The Hall–Kier alpha value is -2.95. The van der Waals surface area contributed by atoms with E-state index in [4.69, 9.17) is 5.26 Å². The van der Waals surface area contributed by atoms with Crippen molar-refractivity contribution >= 4 is 11.5 Å². The average Bonchev–Trinajstić information content (AvgIpc) is 2.84. The molecule has 102 valence electrons. The molecule has 8 heteroatoms. The van der Waals surface area contributed by atoms with Gasteiger partial charge < -0.3 is 5.32 Å². The van der Waals surface area contributed by atoms with E-state index in [1.54, 1.807) is 10.9 Å². The number of hydrogen-bond donors (Lipinski definition) is 1. The molecule has 0 aromatic carbocycles. The van der Waals surface area contributed by atoms with Gasteiger partial charge in [-0.05, 0) is 12.0 Å². The Morgan fingerprint density at radius 2 is 2.35 bits per heavy atom. The van der Waals surface area contributed by atoms with E-state index in [0.717, 1.165) is 18.2 Å². The smallest absolute Gasteiger partial charge is 0.289 e. The Morgan fingerprint density at radius 3 is 2.95 bits per heavy atom. The second-order valence-corrected chi connectivity index (χ2v) is 4.16. The van der Waals surface area contributed by atoms with Crippen LogP contribution in [0.5, 0.6) is 0 Å². The van der Waals surface area contributed by atoms with Crippen molar-refractivity contribution in [2.45, 2.75) is 6.42 Å². The molecule has 0 spiro atoms. The van der Waals surface area contributed by atoms with E-state index in [1.165, 1.54) is 6.07 Å². The minimum atomic E-state index is -0.576. The zero-order valence-electron chi connectivity index (χ0n) is 10.8. The van der Waals surface area contributed by atoms with Crippen molar-refractivity contribution < 1.29 is 4.92 Å². The number of aromatic nitrogens is 3. The van der Waals surface area contributed by atoms with Crippen LogP contribution in [0.15, 0.2) is 24.7 Å². The molecule has 20 heavy (non-hydrogen) atoms. The molecule has 0 saturated carbocycles. The summed E-state index contributed by atoms with van der Waals surface area (Å²) >= 11 is 0. The highest BCUT2D eigenvalue weighted by molar-refractivity contribution is 5.55. The number of nitro groups is 1. The topological polar surface area (TPSA) is 110 Å². The van der Waals surface area contributed by atoms with Crippen LogP contribution < -0.4 is 5.32 Å². The molecule has 0 unspecified atom stereocenters. The number of nitrogens with zero attached hydrogens (tertiary/aromatic N) is 5. The number of nitriles is 1. The van der Waals surface area contributed by atoms with Crippen molar-refractivity contribution in [3.05, 3.63) is 45.9 Å². The quantitative estimate of drug-likeness (QED) is 0.648. The summed E-state index contributed by atoms with van der Waals surface area (Å²) in [5.41, 5.74) is 1.02. The SMILES string of the molecule is Cn1cc(CCNc2ncc([N+](=O)[O-])cc2C#N)cn1. The van der Waals surface area contributed by atoms with E-state index in [2.05, 4.69) is 15.4 Å². The molecular weight excluding hydrogens is 260 g/mol. The molecule has 0 aliphatic rings. The van der Waals surface area contributed by atoms with E-state index in [0.29, 0.717) is 12.4 Å². The summed E-state index contributed by atoms with van der Waals surface area (Å²) in [7, 11) is 1.84. The van der Waals surface area contributed by atoms with Crippen LogP contribution in [0.4, 0.5) is 11.5 Å². The maximum Gasteiger partial charge on any atom is 0.289 e. The molecule has 2 rings (SSSR count). The number of pyridine rings is 1. The van der Waals surface area contributed by atoms with Gasteiger partial charge in [0.15, 0.2) is 0 Å². The predicted molar refractivity (Wildman–Crippen MR) is 71.0 cm³/mol. The Kier molecular flexibility index (Phi) is 3.91. The Balaban J connectivity index is 2.02. The van der Waals surface area contributed by atoms with Crippen LogP contribution >= 0.6 is 0 Å². The summed E-state index contributed by atoms with van der Waals surface area (Å²) in [6.45, 7) is 0.561. The molecule has 8 nitrogen and oxygen atoms in total. The Bertz CT molecular complexity index is 673. The van der Waals surface area contributed by atoms with Gasteiger partial charge >= 0.3 is 0 Å². The fourth-order valence-corrected chi connectivity index (χ4v) is 1.71. The van der Waals surface area contributed by atoms with Crippen molar-refractivity contribution in [1.82, 2.24) is 14.8 Å². The first kappa shape index (κ1) is 13.5. The minimum Gasteiger partial charge on any atom is -0.369 e. The third-order valence-corrected chi connectivity index (χ3v) is 2.67. The summed E-state index contributed by atoms with van der Waals surface area (Å²) in [6.07, 6.45) is 5.51. The molecule has 2 aromatic heterocycles. The summed E-state index contributed by atoms with van der Waals surface area (Å²) in [5.74, 6) is 0.349. The number of aryl methyl sites for hydroxylation is 1. The van der Waals surface area contributed by atoms with E-state index in [1.807, 2.05) is 19.3 Å². The molecule has 0 aliphatic carbocycles. The monoisotopic (exact) mass is 272 g/mol. The molecule has 0 amide bonds. The van der Waals surface area contributed by atoms with Gasteiger partial charge in [-0.15, -0.1) is 0 Å². The Morgan fingerprint density at radius 1 is 1.55 bits per heavy atom. The largest absolute Gasteiger partial charge is 0.369 e. The first-order valence-corrected chi connectivity index (χ1v) is 5.86. The van der Waals surface area contributed by atoms with E-state index < -0.39 is 4.92 Å². The van der Waals surface area contributed by atoms with Gasteiger partial charge in [0.2, 0.25) is 0 Å². The predicted octanol–water partition coefficient (Wildman–Crippen LogP) is 1.25. The first-order valence-electron chi connectivity index (χ1n) is 5.86. The molecule has 0 radical (unpaired) electrons.